The van der Waals surface area contributed by atoms with Crippen molar-refractivity contribution in [3.05, 3.63) is 51.8 Å². The van der Waals surface area contributed by atoms with Crippen LogP contribution < -0.4 is 16.0 Å². The van der Waals surface area contributed by atoms with Gasteiger partial charge in [0.2, 0.25) is 0 Å². The van der Waals surface area contributed by atoms with E-state index in [1.54, 1.807) is 18.2 Å². The third-order valence-corrected chi connectivity index (χ3v) is 4.08. The summed E-state index contributed by atoms with van der Waals surface area (Å²) >= 11 is 0. The van der Waals surface area contributed by atoms with Crippen LogP contribution in [-0.4, -0.2) is 46.8 Å². The summed E-state index contributed by atoms with van der Waals surface area (Å²) in [5.41, 5.74) is 2.78. The average molecular weight is 515 g/mol. The van der Waals surface area contributed by atoms with Gasteiger partial charge in [-0.2, -0.15) is 5.10 Å². The summed E-state index contributed by atoms with van der Waals surface area (Å²) in [5.74, 6) is 0.736. The molecule has 2 rings (SSSR count). The Balaban J connectivity index is 0.00000420. The fraction of sp³-hybridized carbons (Fsp3) is 0.474. The minimum atomic E-state index is -0.385. The summed E-state index contributed by atoms with van der Waals surface area (Å²) in [6, 6.07) is 8.69. The van der Waals surface area contributed by atoms with Gasteiger partial charge in [-0.3, -0.25) is 19.8 Å². The number of aryl methyl sites for hydroxylation is 3. The predicted octanol–water partition coefficient (Wildman–Crippen LogP) is 3.08. The van der Waals surface area contributed by atoms with Crippen LogP contribution in [0.1, 0.15) is 24.7 Å². The van der Waals surface area contributed by atoms with E-state index in [4.69, 9.17) is 0 Å². The third kappa shape index (κ3) is 8.26. The van der Waals surface area contributed by atoms with Gasteiger partial charge >= 0.3 is 0 Å². The summed E-state index contributed by atoms with van der Waals surface area (Å²) in [6.45, 7) is 9.48. The highest BCUT2D eigenvalue weighted by atomic mass is 127. The monoisotopic (exact) mass is 515 g/mol. The summed E-state index contributed by atoms with van der Waals surface area (Å²) in [6.07, 6.45) is 0.896. The van der Waals surface area contributed by atoms with Crippen LogP contribution in [0.25, 0.3) is 0 Å². The number of hydrogen-bond acceptors (Lipinski definition) is 5. The van der Waals surface area contributed by atoms with E-state index >= 15 is 0 Å². The molecule has 3 N–H and O–H groups in total. The molecule has 29 heavy (non-hydrogen) atoms. The molecule has 9 nitrogen and oxygen atoms in total. The largest absolute Gasteiger partial charge is 0.378 e. The van der Waals surface area contributed by atoms with Gasteiger partial charge in [0.15, 0.2) is 5.96 Å². The molecule has 1 heterocycles. The lowest BCUT2D eigenvalue weighted by atomic mass is 10.2. The zero-order chi connectivity index (χ0) is 20.4. The van der Waals surface area contributed by atoms with E-state index in [0.29, 0.717) is 25.3 Å². The first-order chi connectivity index (χ1) is 13.5. The van der Waals surface area contributed by atoms with Crippen LogP contribution in [0.2, 0.25) is 0 Å². The smallest absolute Gasteiger partial charge is 0.292 e. The van der Waals surface area contributed by atoms with Gasteiger partial charge in [-0.25, -0.2) is 0 Å². The van der Waals surface area contributed by atoms with Gasteiger partial charge in [-0.15, -0.1) is 24.0 Å². The Morgan fingerprint density at radius 1 is 1.24 bits per heavy atom. The van der Waals surface area contributed by atoms with E-state index in [1.165, 1.54) is 6.07 Å². The van der Waals surface area contributed by atoms with E-state index in [2.05, 4.69) is 39.0 Å². The van der Waals surface area contributed by atoms with E-state index in [-0.39, 0.29) is 34.6 Å². The molecule has 2 aromatic rings. The molecule has 0 aliphatic carbocycles. The maximum Gasteiger partial charge on any atom is 0.292 e. The molecule has 0 unspecified atom stereocenters. The number of nitrogens with one attached hydrogen (secondary N) is 3. The highest BCUT2D eigenvalue weighted by molar-refractivity contribution is 14.0. The SMILES string of the molecule is CCNC(=NCCCn1nc(C)cc1C)NCCNc1ccccc1[N+](=O)[O-].I. The molecule has 0 amide bonds. The Bertz CT molecular complexity index is 808. The zero-order valence-electron chi connectivity index (χ0n) is 17.1. The van der Waals surface area contributed by atoms with Crippen LogP contribution in [0.4, 0.5) is 11.4 Å². The Labute approximate surface area is 188 Å². The lowest BCUT2D eigenvalue weighted by Gasteiger charge is -2.12. The Morgan fingerprint density at radius 3 is 2.66 bits per heavy atom. The molecule has 160 valence electrons. The van der Waals surface area contributed by atoms with Crippen molar-refractivity contribution in [1.29, 1.82) is 0 Å². The Kier molecular flexibility index (Phi) is 11.0. The third-order valence-electron chi connectivity index (χ3n) is 4.08. The standard InChI is InChI=1S/C19H29N7O2.HI/c1-4-20-19(22-10-7-13-25-16(3)14-15(2)24-25)23-12-11-21-17-8-5-6-9-18(17)26(27)28;/h5-6,8-9,14,21H,4,7,10-13H2,1-3H3,(H2,20,22,23);1H. The van der Waals surface area contributed by atoms with Crippen LogP contribution in [-0.2, 0) is 6.54 Å². The molecule has 1 aromatic heterocycles. The molecule has 0 radical (unpaired) electrons. The summed E-state index contributed by atoms with van der Waals surface area (Å²) in [4.78, 5) is 15.2. The number of aliphatic imine (C=N–C) groups is 1. The van der Waals surface area contributed by atoms with Crippen molar-refractivity contribution in [1.82, 2.24) is 20.4 Å². The number of guanidine groups is 1. The normalized spacial score (nSPS) is 10.9. The Hall–Kier alpha value is -2.37. The summed E-state index contributed by atoms with van der Waals surface area (Å²) < 4.78 is 2.00. The minimum Gasteiger partial charge on any atom is -0.378 e. The molecule has 0 fully saturated rings. The molecule has 0 saturated carbocycles. The lowest BCUT2D eigenvalue weighted by molar-refractivity contribution is -0.384. The fourth-order valence-corrected chi connectivity index (χ4v) is 2.81. The molecule has 0 saturated heterocycles. The van der Waals surface area contributed by atoms with Gasteiger partial charge in [-0.1, -0.05) is 12.1 Å². The van der Waals surface area contributed by atoms with E-state index in [9.17, 15) is 10.1 Å². The molecular weight excluding hydrogens is 485 g/mol. The molecule has 1 aromatic carbocycles. The number of benzene rings is 1. The molecule has 0 spiro atoms. The predicted molar refractivity (Wildman–Crippen MR) is 127 cm³/mol. The number of rotatable bonds is 10. The van der Waals surface area contributed by atoms with Gasteiger partial charge in [0, 0.05) is 44.5 Å². The number of halogens is 1. The van der Waals surface area contributed by atoms with Crippen molar-refractivity contribution < 1.29 is 4.92 Å². The molecular formula is C19H30IN7O2. The van der Waals surface area contributed by atoms with Gasteiger partial charge in [0.05, 0.1) is 10.6 Å². The van der Waals surface area contributed by atoms with E-state index in [0.717, 1.165) is 36.9 Å². The first-order valence-corrected chi connectivity index (χ1v) is 9.51. The first-order valence-electron chi connectivity index (χ1n) is 9.51. The molecule has 0 aliphatic heterocycles. The van der Waals surface area contributed by atoms with Crippen molar-refractivity contribution in [3.63, 3.8) is 0 Å². The van der Waals surface area contributed by atoms with Gasteiger partial charge in [0.1, 0.15) is 5.69 Å². The van der Waals surface area contributed by atoms with Crippen molar-refractivity contribution in [2.75, 3.05) is 31.5 Å². The number of aromatic nitrogens is 2. The molecule has 0 aliphatic rings. The number of anilines is 1. The first kappa shape index (κ1) is 24.7. The second-order valence-electron chi connectivity index (χ2n) is 6.39. The van der Waals surface area contributed by atoms with Crippen molar-refractivity contribution >= 4 is 41.3 Å². The molecule has 0 atom stereocenters. The average Bonchev–Trinajstić information content (AvgIpc) is 2.99. The number of nitrogens with zero attached hydrogens (tertiary/aromatic N) is 4. The van der Waals surface area contributed by atoms with Crippen LogP contribution in [0, 0.1) is 24.0 Å². The highest BCUT2D eigenvalue weighted by Gasteiger charge is 2.11. The number of nitro benzene ring substituents is 1. The number of para-hydroxylation sites is 2. The highest BCUT2D eigenvalue weighted by Crippen LogP contribution is 2.22. The molecule has 0 bridgehead atoms. The van der Waals surface area contributed by atoms with Crippen molar-refractivity contribution in [2.24, 2.45) is 4.99 Å². The maximum atomic E-state index is 11.0. The van der Waals surface area contributed by atoms with Gasteiger partial charge in [-0.05, 0) is 39.3 Å². The van der Waals surface area contributed by atoms with Crippen LogP contribution in [0.3, 0.4) is 0 Å². The van der Waals surface area contributed by atoms with Crippen molar-refractivity contribution in [3.8, 4) is 0 Å². The Morgan fingerprint density at radius 2 is 2.00 bits per heavy atom. The topological polar surface area (TPSA) is 109 Å². The zero-order valence-corrected chi connectivity index (χ0v) is 19.5. The number of nitro groups is 1. The van der Waals surface area contributed by atoms with Gasteiger partial charge < -0.3 is 16.0 Å². The minimum absolute atomic E-state index is 0. The second kappa shape index (κ2) is 13.0. The summed E-state index contributed by atoms with van der Waals surface area (Å²) in [5, 5.41) is 25.0. The van der Waals surface area contributed by atoms with Crippen LogP contribution >= 0.6 is 24.0 Å². The molecule has 10 heteroatoms. The quantitative estimate of drug-likeness (QED) is 0.112. The number of hydrogen-bond donors (Lipinski definition) is 3. The van der Waals surface area contributed by atoms with E-state index in [1.807, 2.05) is 18.5 Å². The van der Waals surface area contributed by atoms with E-state index < -0.39 is 0 Å². The summed E-state index contributed by atoms with van der Waals surface area (Å²) in [7, 11) is 0. The van der Waals surface area contributed by atoms with Gasteiger partial charge in [0.25, 0.3) is 5.69 Å². The van der Waals surface area contributed by atoms with Crippen molar-refractivity contribution in [2.45, 2.75) is 33.7 Å². The van der Waals surface area contributed by atoms with Crippen LogP contribution in [0.15, 0.2) is 35.3 Å². The fourth-order valence-electron chi connectivity index (χ4n) is 2.81. The van der Waals surface area contributed by atoms with Crippen LogP contribution in [0.5, 0.6) is 0 Å². The lowest BCUT2D eigenvalue weighted by Crippen LogP contribution is -2.39. The second-order valence-corrected chi connectivity index (χ2v) is 6.39. The maximum absolute atomic E-state index is 11.0.